The van der Waals surface area contributed by atoms with Crippen molar-refractivity contribution in [2.24, 2.45) is 11.8 Å². The molecule has 142 valence electrons. The van der Waals surface area contributed by atoms with Crippen molar-refractivity contribution in [1.29, 1.82) is 0 Å². The highest BCUT2D eigenvalue weighted by Crippen LogP contribution is 2.41. The van der Waals surface area contributed by atoms with Gasteiger partial charge in [-0.2, -0.15) is 0 Å². The van der Waals surface area contributed by atoms with Gasteiger partial charge >= 0.3 is 6.09 Å². The number of nitrogens with zero attached hydrogens (tertiary/aromatic N) is 1. The monoisotopic (exact) mass is 360 g/mol. The molecule has 1 aromatic carbocycles. The molecule has 1 saturated heterocycles. The molecule has 1 heterocycles. The van der Waals surface area contributed by atoms with Gasteiger partial charge in [-0.3, -0.25) is 4.79 Å². The van der Waals surface area contributed by atoms with E-state index in [4.69, 9.17) is 9.47 Å². The first-order valence-corrected chi connectivity index (χ1v) is 9.48. The molecule has 2 amide bonds. The Morgan fingerprint density at radius 1 is 1.23 bits per heavy atom. The fraction of sp³-hybridized carbons (Fsp3) is 0.600. The van der Waals surface area contributed by atoms with Gasteiger partial charge in [0.15, 0.2) is 0 Å². The number of rotatable bonds is 6. The van der Waals surface area contributed by atoms with E-state index in [0.717, 1.165) is 37.0 Å². The Kier molecular flexibility index (Phi) is 6.01. The molecule has 0 spiro atoms. The van der Waals surface area contributed by atoms with Gasteiger partial charge in [0.25, 0.3) is 0 Å². The number of hydrogen-bond acceptors (Lipinski definition) is 4. The van der Waals surface area contributed by atoms with Gasteiger partial charge in [-0.25, -0.2) is 4.79 Å². The van der Waals surface area contributed by atoms with E-state index in [-0.39, 0.29) is 24.0 Å². The second-order valence-corrected chi connectivity index (χ2v) is 7.08. The number of ether oxygens (including phenoxy) is 2. The van der Waals surface area contributed by atoms with Gasteiger partial charge in [0.05, 0.1) is 25.7 Å². The van der Waals surface area contributed by atoms with Crippen molar-refractivity contribution in [2.75, 3.05) is 26.8 Å². The lowest BCUT2D eigenvalue weighted by Gasteiger charge is -2.32. The van der Waals surface area contributed by atoms with E-state index < -0.39 is 0 Å². The molecule has 1 saturated carbocycles. The van der Waals surface area contributed by atoms with Gasteiger partial charge in [0.2, 0.25) is 5.91 Å². The minimum absolute atomic E-state index is 0.0337. The van der Waals surface area contributed by atoms with Gasteiger partial charge in [0, 0.05) is 13.1 Å². The summed E-state index contributed by atoms with van der Waals surface area (Å²) in [6.07, 6.45) is 3.58. The van der Waals surface area contributed by atoms with Crippen LogP contribution in [0.1, 0.15) is 44.2 Å². The van der Waals surface area contributed by atoms with Crippen molar-refractivity contribution in [2.45, 2.75) is 38.6 Å². The van der Waals surface area contributed by atoms with E-state index in [2.05, 4.69) is 5.32 Å². The number of carbonyl (C=O) groups excluding carboxylic acids is 2. The van der Waals surface area contributed by atoms with E-state index >= 15 is 0 Å². The van der Waals surface area contributed by atoms with Crippen LogP contribution in [0.2, 0.25) is 0 Å². The van der Waals surface area contributed by atoms with Crippen molar-refractivity contribution in [3.63, 3.8) is 0 Å². The molecular formula is C20H28N2O4. The van der Waals surface area contributed by atoms with E-state index in [1.165, 1.54) is 0 Å². The molecule has 26 heavy (non-hydrogen) atoms. The van der Waals surface area contributed by atoms with Crippen molar-refractivity contribution in [3.8, 4) is 5.75 Å². The quantitative estimate of drug-likeness (QED) is 0.846. The summed E-state index contributed by atoms with van der Waals surface area (Å²) >= 11 is 0. The Labute approximate surface area is 154 Å². The van der Waals surface area contributed by atoms with Crippen LogP contribution in [0.5, 0.6) is 5.75 Å². The zero-order valence-electron chi connectivity index (χ0n) is 15.6. The predicted molar refractivity (Wildman–Crippen MR) is 97.9 cm³/mol. The summed E-state index contributed by atoms with van der Waals surface area (Å²) in [5, 5.41) is 3.24. The maximum absolute atomic E-state index is 12.8. The third-order valence-electron chi connectivity index (χ3n) is 5.18. The van der Waals surface area contributed by atoms with Crippen molar-refractivity contribution in [1.82, 2.24) is 10.2 Å². The summed E-state index contributed by atoms with van der Waals surface area (Å²) in [4.78, 5) is 26.4. The SMILES string of the molecule is CCOC(=O)N1CCCC(C(=O)NC(c2ccc(OC)cc2)C2CC2)C1. The summed E-state index contributed by atoms with van der Waals surface area (Å²) in [7, 11) is 1.65. The molecule has 6 heteroatoms. The first kappa shape index (κ1) is 18.5. The summed E-state index contributed by atoms with van der Waals surface area (Å²) in [6.45, 7) is 3.24. The van der Waals surface area contributed by atoms with Crippen LogP contribution in [0.4, 0.5) is 4.79 Å². The highest BCUT2D eigenvalue weighted by atomic mass is 16.6. The van der Waals surface area contributed by atoms with Crippen molar-refractivity contribution >= 4 is 12.0 Å². The third-order valence-corrected chi connectivity index (χ3v) is 5.18. The van der Waals surface area contributed by atoms with Crippen molar-refractivity contribution in [3.05, 3.63) is 29.8 Å². The second-order valence-electron chi connectivity index (χ2n) is 7.08. The highest BCUT2D eigenvalue weighted by Gasteiger charge is 2.36. The molecule has 3 rings (SSSR count). The Morgan fingerprint density at radius 3 is 2.58 bits per heavy atom. The van der Waals surface area contributed by atoms with Crippen LogP contribution in [-0.4, -0.2) is 43.7 Å². The van der Waals surface area contributed by atoms with Crippen LogP contribution in [-0.2, 0) is 9.53 Å². The first-order valence-electron chi connectivity index (χ1n) is 9.48. The molecule has 1 N–H and O–H groups in total. The van der Waals surface area contributed by atoms with Crippen LogP contribution in [0, 0.1) is 11.8 Å². The van der Waals surface area contributed by atoms with Crippen LogP contribution >= 0.6 is 0 Å². The summed E-state index contributed by atoms with van der Waals surface area (Å²) in [5.41, 5.74) is 1.11. The number of benzene rings is 1. The molecule has 0 aromatic heterocycles. The summed E-state index contributed by atoms with van der Waals surface area (Å²) in [5.74, 6) is 1.17. The van der Waals surface area contributed by atoms with E-state index in [1.807, 2.05) is 24.3 Å². The Morgan fingerprint density at radius 2 is 1.96 bits per heavy atom. The maximum atomic E-state index is 12.8. The number of carbonyl (C=O) groups is 2. The average Bonchev–Trinajstić information content (AvgIpc) is 3.51. The number of methoxy groups -OCH3 is 1. The van der Waals surface area contributed by atoms with Gasteiger partial charge in [-0.1, -0.05) is 12.1 Å². The Hall–Kier alpha value is -2.24. The molecule has 2 fully saturated rings. The number of amides is 2. The molecule has 0 radical (unpaired) electrons. The molecule has 6 nitrogen and oxygen atoms in total. The van der Waals surface area contributed by atoms with E-state index in [9.17, 15) is 9.59 Å². The van der Waals surface area contributed by atoms with Crippen LogP contribution in [0.15, 0.2) is 24.3 Å². The normalized spacial score (nSPS) is 21.0. The van der Waals surface area contributed by atoms with Gasteiger partial charge in [0.1, 0.15) is 5.75 Å². The highest BCUT2D eigenvalue weighted by molar-refractivity contribution is 5.80. The molecule has 1 aliphatic carbocycles. The number of piperidine rings is 1. The van der Waals surface area contributed by atoms with E-state index in [1.54, 1.807) is 18.9 Å². The largest absolute Gasteiger partial charge is 0.497 e. The number of hydrogen-bond donors (Lipinski definition) is 1. The fourth-order valence-corrected chi connectivity index (χ4v) is 3.56. The topological polar surface area (TPSA) is 67.9 Å². The lowest BCUT2D eigenvalue weighted by atomic mass is 9.95. The number of likely N-dealkylation sites (tertiary alicyclic amines) is 1. The minimum atomic E-state index is -0.320. The molecule has 2 atom stereocenters. The molecule has 2 aliphatic rings. The predicted octanol–water partition coefficient (Wildman–Crippen LogP) is 3.13. The summed E-state index contributed by atoms with van der Waals surface area (Å²) in [6, 6.07) is 7.94. The van der Waals surface area contributed by atoms with Crippen LogP contribution in [0.3, 0.4) is 0 Å². The zero-order chi connectivity index (χ0) is 18.5. The second kappa shape index (κ2) is 8.43. The maximum Gasteiger partial charge on any atom is 0.409 e. The molecule has 1 aromatic rings. The average molecular weight is 360 g/mol. The standard InChI is InChI=1S/C20H28N2O4/c1-3-26-20(24)22-12-4-5-16(13-22)19(23)21-18(14-6-7-14)15-8-10-17(25-2)11-9-15/h8-11,14,16,18H,3-7,12-13H2,1-2H3,(H,21,23). The molecule has 1 aliphatic heterocycles. The van der Waals surface area contributed by atoms with Crippen LogP contribution in [0.25, 0.3) is 0 Å². The Bertz CT molecular complexity index is 627. The smallest absolute Gasteiger partial charge is 0.409 e. The van der Waals surface area contributed by atoms with Gasteiger partial charge < -0.3 is 19.7 Å². The lowest BCUT2D eigenvalue weighted by molar-refractivity contribution is -0.127. The zero-order valence-corrected chi connectivity index (χ0v) is 15.6. The summed E-state index contributed by atoms with van der Waals surface area (Å²) < 4.78 is 10.3. The molecular weight excluding hydrogens is 332 g/mol. The molecule has 0 bridgehead atoms. The van der Waals surface area contributed by atoms with Gasteiger partial charge in [-0.15, -0.1) is 0 Å². The third kappa shape index (κ3) is 4.48. The first-order chi connectivity index (χ1) is 12.6. The van der Waals surface area contributed by atoms with Gasteiger partial charge in [-0.05, 0) is 56.2 Å². The minimum Gasteiger partial charge on any atom is -0.497 e. The van der Waals surface area contributed by atoms with Crippen molar-refractivity contribution < 1.29 is 19.1 Å². The number of nitrogens with one attached hydrogen (secondary N) is 1. The van der Waals surface area contributed by atoms with Crippen LogP contribution < -0.4 is 10.1 Å². The molecule has 2 unspecified atom stereocenters. The lowest BCUT2D eigenvalue weighted by Crippen LogP contribution is -2.46. The fourth-order valence-electron chi connectivity index (χ4n) is 3.56. The Balaban J connectivity index is 1.63. The van der Waals surface area contributed by atoms with E-state index in [0.29, 0.717) is 25.6 Å².